The maximum atomic E-state index is 13.7. The van der Waals surface area contributed by atoms with Gasteiger partial charge in [-0.25, -0.2) is 0 Å². The molecule has 4 atom stereocenters. The molecule has 1 saturated heterocycles. The summed E-state index contributed by atoms with van der Waals surface area (Å²) in [6.45, 7) is 1.65. The number of fused-ring (bicyclic) bond motifs is 4. The summed E-state index contributed by atoms with van der Waals surface area (Å²) in [7, 11) is 0. The number of phenols is 1. The number of hydrogen-bond acceptors (Lipinski definition) is 6. The minimum Gasteiger partial charge on any atom is -0.507 e. The van der Waals surface area contributed by atoms with E-state index in [1.807, 2.05) is 24.3 Å². The van der Waals surface area contributed by atoms with Crippen LogP contribution in [0.25, 0.3) is 10.8 Å². The normalized spacial score (nSPS) is 26.3. The van der Waals surface area contributed by atoms with Gasteiger partial charge in [-0.15, -0.1) is 0 Å². The SMILES string of the molecule is CC1=CC(=O)C2=C(C[C@@H]3C(=CC[C@@H]4C(=O)N(CCCC(=O)O)C(=O)[C@@H]43)[C@@H]2c2ccc(O)c3ccccc23)C1=O. The number of ketones is 2. The van der Waals surface area contributed by atoms with Crippen LogP contribution in [0.3, 0.4) is 0 Å². The third-order valence-corrected chi connectivity index (χ3v) is 8.67. The molecule has 0 spiro atoms. The van der Waals surface area contributed by atoms with E-state index >= 15 is 0 Å². The van der Waals surface area contributed by atoms with E-state index in [0.29, 0.717) is 28.5 Å². The van der Waals surface area contributed by atoms with Gasteiger partial charge in [0.15, 0.2) is 11.6 Å². The number of aromatic hydroxyl groups is 1. The number of Topliss-reactive ketones (excluding diaryl/α,β-unsaturated/α-hetero) is 1. The molecule has 6 rings (SSSR count). The Labute approximate surface area is 224 Å². The largest absolute Gasteiger partial charge is 0.507 e. The molecule has 4 aliphatic rings. The summed E-state index contributed by atoms with van der Waals surface area (Å²) in [5.41, 5.74) is 2.73. The van der Waals surface area contributed by atoms with Crippen molar-refractivity contribution in [2.24, 2.45) is 17.8 Å². The molecule has 0 saturated carbocycles. The second kappa shape index (κ2) is 9.15. The number of rotatable bonds is 5. The number of carboxylic acids is 1. The highest BCUT2D eigenvalue weighted by molar-refractivity contribution is 6.24. The number of imide groups is 1. The quantitative estimate of drug-likeness (QED) is 0.345. The molecular formula is C31H27NO7. The summed E-state index contributed by atoms with van der Waals surface area (Å²) >= 11 is 0. The lowest BCUT2D eigenvalue weighted by Crippen LogP contribution is -2.40. The van der Waals surface area contributed by atoms with Crippen LogP contribution < -0.4 is 0 Å². The first kappa shape index (κ1) is 25.0. The number of benzene rings is 2. The van der Waals surface area contributed by atoms with Crippen molar-refractivity contribution in [2.45, 2.75) is 38.5 Å². The summed E-state index contributed by atoms with van der Waals surface area (Å²) in [6.07, 6.45) is 3.86. The van der Waals surface area contributed by atoms with Gasteiger partial charge in [-0.1, -0.05) is 42.0 Å². The third kappa shape index (κ3) is 3.77. The number of aliphatic carboxylic acids is 1. The Morgan fingerprint density at radius 1 is 1.00 bits per heavy atom. The number of likely N-dealkylation sites (tertiary alicyclic amines) is 1. The summed E-state index contributed by atoms with van der Waals surface area (Å²) in [4.78, 5) is 66.0. The fraction of sp³-hybridized carbons (Fsp3) is 0.323. The summed E-state index contributed by atoms with van der Waals surface area (Å²) in [5, 5.41) is 20.9. The second-order valence-corrected chi connectivity index (χ2v) is 10.8. The van der Waals surface area contributed by atoms with Gasteiger partial charge in [0.2, 0.25) is 11.8 Å². The van der Waals surface area contributed by atoms with Gasteiger partial charge in [0.1, 0.15) is 5.75 Å². The lowest BCUT2D eigenvalue weighted by molar-refractivity contribution is -0.142. The Hall–Kier alpha value is -4.33. The molecule has 1 heterocycles. The van der Waals surface area contributed by atoms with E-state index in [4.69, 9.17) is 5.11 Å². The molecule has 2 amide bonds. The summed E-state index contributed by atoms with van der Waals surface area (Å²) in [5.74, 6) is -4.33. The average molecular weight is 526 g/mol. The standard InChI is InChI=1S/C31H27NO7/c1-15-13-24(34)28-22(29(15)37)14-21-19(26(28)18-10-11-23(33)17-6-3-2-5-16(17)18)8-9-20-27(21)31(39)32(30(20)38)12-4-7-25(35)36/h2-3,5-6,8,10-11,13,20-21,26-27,33H,4,7,9,12,14H2,1H3,(H,35,36)/t20-,21+,26-,27-/m0/s1. The second-order valence-electron chi connectivity index (χ2n) is 10.8. The molecule has 3 aliphatic carbocycles. The molecule has 198 valence electrons. The molecule has 2 aromatic rings. The first-order valence-electron chi connectivity index (χ1n) is 13.2. The smallest absolute Gasteiger partial charge is 0.303 e. The van der Waals surface area contributed by atoms with E-state index in [2.05, 4.69) is 0 Å². The summed E-state index contributed by atoms with van der Waals surface area (Å²) < 4.78 is 0. The van der Waals surface area contributed by atoms with Gasteiger partial charge >= 0.3 is 5.97 Å². The lowest BCUT2D eigenvalue weighted by atomic mass is 9.59. The van der Waals surface area contributed by atoms with Gasteiger partial charge in [-0.3, -0.25) is 28.9 Å². The van der Waals surface area contributed by atoms with E-state index in [0.717, 1.165) is 16.5 Å². The lowest BCUT2D eigenvalue weighted by Gasteiger charge is -2.42. The first-order valence-corrected chi connectivity index (χ1v) is 13.2. The number of phenolic OH excluding ortho intramolecular Hbond substituents is 1. The van der Waals surface area contributed by atoms with Gasteiger partial charge in [-0.05, 0) is 55.2 Å². The van der Waals surface area contributed by atoms with Crippen LogP contribution in [0.15, 0.2) is 70.8 Å². The number of allylic oxidation sites excluding steroid dienone is 6. The van der Waals surface area contributed by atoms with Crippen molar-refractivity contribution in [3.8, 4) is 5.75 Å². The minimum absolute atomic E-state index is 0.0399. The predicted molar refractivity (Wildman–Crippen MR) is 141 cm³/mol. The van der Waals surface area contributed by atoms with Gasteiger partial charge in [0, 0.05) is 41.0 Å². The van der Waals surface area contributed by atoms with Crippen LogP contribution in [0, 0.1) is 17.8 Å². The molecule has 1 fully saturated rings. The number of carbonyl (C=O) groups excluding carboxylic acids is 4. The van der Waals surface area contributed by atoms with Crippen molar-refractivity contribution >= 4 is 40.1 Å². The van der Waals surface area contributed by atoms with Crippen molar-refractivity contribution in [1.82, 2.24) is 4.90 Å². The van der Waals surface area contributed by atoms with Crippen LogP contribution in [0.1, 0.15) is 44.1 Å². The highest BCUT2D eigenvalue weighted by Gasteiger charge is 2.56. The van der Waals surface area contributed by atoms with Crippen LogP contribution in [0.4, 0.5) is 0 Å². The molecule has 0 aromatic heterocycles. The number of nitrogens with zero attached hydrogens (tertiary/aromatic N) is 1. The molecule has 39 heavy (non-hydrogen) atoms. The molecule has 8 nitrogen and oxygen atoms in total. The molecule has 8 heteroatoms. The summed E-state index contributed by atoms with van der Waals surface area (Å²) in [6, 6.07) is 10.7. The molecular weight excluding hydrogens is 498 g/mol. The van der Waals surface area contributed by atoms with E-state index < -0.39 is 29.6 Å². The van der Waals surface area contributed by atoms with Gasteiger partial charge in [0.25, 0.3) is 0 Å². The Morgan fingerprint density at radius 2 is 1.74 bits per heavy atom. The molecule has 2 aromatic carbocycles. The maximum Gasteiger partial charge on any atom is 0.303 e. The Morgan fingerprint density at radius 3 is 2.49 bits per heavy atom. The number of hydrogen-bond donors (Lipinski definition) is 2. The van der Waals surface area contributed by atoms with E-state index in [9.17, 15) is 29.1 Å². The average Bonchev–Trinajstić information content (AvgIpc) is 3.16. The van der Waals surface area contributed by atoms with E-state index in [-0.39, 0.29) is 54.9 Å². The Kier molecular flexibility index (Phi) is 5.86. The van der Waals surface area contributed by atoms with Crippen LogP contribution in [-0.2, 0) is 24.0 Å². The third-order valence-electron chi connectivity index (χ3n) is 8.67. The first-order chi connectivity index (χ1) is 18.7. The van der Waals surface area contributed by atoms with Gasteiger partial charge in [0.05, 0.1) is 11.8 Å². The van der Waals surface area contributed by atoms with Crippen LogP contribution in [-0.4, -0.2) is 51.0 Å². The van der Waals surface area contributed by atoms with E-state index in [1.165, 1.54) is 11.0 Å². The Bertz CT molecular complexity index is 1590. The van der Waals surface area contributed by atoms with Crippen LogP contribution in [0.5, 0.6) is 5.75 Å². The van der Waals surface area contributed by atoms with Crippen molar-refractivity contribution < 1.29 is 34.2 Å². The number of carboxylic acid groups (broad SMARTS) is 1. The topological polar surface area (TPSA) is 129 Å². The Balaban J connectivity index is 1.49. The van der Waals surface area contributed by atoms with Crippen LogP contribution >= 0.6 is 0 Å². The molecule has 0 bridgehead atoms. The van der Waals surface area contributed by atoms with Crippen molar-refractivity contribution in [3.63, 3.8) is 0 Å². The molecule has 1 aliphatic heterocycles. The maximum absolute atomic E-state index is 13.7. The number of carbonyl (C=O) groups is 5. The van der Waals surface area contributed by atoms with Gasteiger partial charge in [-0.2, -0.15) is 0 Å². The highest BCUT2D eigenvalue weighted by Crippen LogP contribution is 2.56. The molecule has 2 N–H and O–H groups in total. The fourth-order valence-corrected chi connectivity index (χ4v) is 6.97. The number of amides is 2. The van der Waals surface area contributed by atoms with Crippen molar-refractivity contribution in [2.75, 3.05) is 6.54 Å². The van der Waals surface area contributed by atoms with E-state index in [1.54, 1.807) is 25.1 Å². The van der Waals surface area contributed by atoms with Gasteiger partial charge < -0.3 is 10.2 Å². The molecule has 0 radical (unpaired) electrons. The monoisotopic (exact) mass is 525 g/mol. The van der Waals surface area contributed by atoms with Crippen molar-refractivity contribution in [3.05, 3.63) is 76.4 Å². The molecule has 0 unspecified atom stereocenters. The van der Waals surface area contributed by atoms with Crippen molar-refractivity contribution in [1.29, 1.82) is 0 Å². The zero-order chi connectivity index (χ0) is 27.6. The van der Waals surface area contributed by atoms with Crippen LogP contribution in [0.2, 0.25) is 0 Å². The minimum atomic E-state index is -0.991. The zero-order valence-electron chi connectivity index (χ0n) is 21.3. The fourth-order valence-electron chi connectivity index (χ4n) is 6.97. The highest BCUT2D eigenvalue weighted by atomic mass is 16.4. The predicted octanol–water partition coefficient (Wildman–Crippen LogP) is 3.84. The zero-order valence-corrected chi connectivity index (χ0v) is 21.3.